The number of hydrogen-bond acceptors (Lipinski definition) is 3. The minimum absolute atomic E-state index is 0.168. The molecule has 0 fully saturated rings. The molecule has 10 aromatic carbocycles. The van der Waals surface area contributed by atoms with Crippen LogP contribution < -0.4 is 4.90 Å². The van der Waals surface area contributed by atoms with Crippen LogP contribution in [0.25, 0.3) is 88.4 Å². The van der Waals surface area contributed by atoms with Crippen LogP contribution >= 0.6 is 0 Å². The predicted octanol–water partition coefficient (Wildman–Crippen LogP) is 17.3. The number of para-hydroxylation sites is 2. The number of anilines is 3. The largest absolute Gasteiger partial charge is 0.456 e. The first kappa shape index (κ1) is 36.9. The van der Waals surface area contributed by atoms with Gasteiger partial charge in [0.15, 0.2) is 0 Å². The Bertz CT molecular complexity index is 4110. The van der Waals surface area contributed by atoms with Gasteiger partial charge in [0.05, 0.1) is 5.41 Å². The lowest BCUT2D eigenvalue weighted by atomic mass is 9.65. The minimum atomic E-state index is -0.648. The van der Waals surface area contributed by atoms with E-state index in [9.17, 15) is 0 Å². The third kappa shape index (κ3) is 4.80. The first-order chi connectivity index (χ1) is 33.0. The van der Waals surface area contributed by atoms with E-state index in [4.69, 9.17) is 8.83 Å². The van der Waals surface area contributed by atoms with E-state index in [2.05, 4.69) is 225 Å². The predicted molar refractivity (Wildman–Crippen MR) is 275 cm³/mol. The van der Waals surface area contributed by atoms with Crippen LogP contribution in [0.4, 0.5) is 17.1 Å². The summed E-state index contributed by atoms with van der Waals surface area (Å²) in [7, 11) is 0. The quantitative estimate of drug-likeness (QED) is 0.177. The van der Waals surface area contributed by atoms with Gasteiger partial charge in [-0.25, -0.2) is 0 Å². The van der Waals surface area contributed by atoms with Gasteiger partial charge in [-0.2, -0.15) is 0 Å². The number of fused-ring (bicyclic) bond motifs is 21. The summed E-state index contributed by atoms with van der Waals surface area (Å²) in [6.45, 7) is 4.73. The third-order valence-corrected chi connectivity index (χ3v) is 15.5. The molecule has 3 aliphatic rings. The van der Waals surface area contributed by atoms with Gasteiger partial charge >= 0.3 is 0 Å². The number of furan rings is 2. The van der Waals surface area contributed by atoms with Crippen LogP contribution in [0.5, 0.6) is 0 Å². The first-order valence-corrected chi connectivity index (χ1v) is 23.3. The molecule has 67 heavy (non-hydrogen) atoms. The molecule has 12 aromatic rings. The van der Waals surface area contributed by atoms with Crippen molar-refractivity contribution in [3.8, 4) is 44.5 Å². The molecular formula is C64H41NO2. The molecule has 0 radical (unpaired) electrons. The maximum absolute atomic E-state index is 6.60. The van der Waals surface area contributed by atoms with Crippen molar-refractivity contribution in [2.75, 3.05) is 4.90 Å². The molecule has 15 rings (SSSR count). The highest BCUT2D eigenvalue weighted by molar-refractivity contribution is 6.10. The maximum atomic E-state index is 6.60. The van der Waals surface area contributed by atoms with Gasteiger partial charge in [0.1, 0.15) is 22.3 Å². The molecule has 1 atom stereocenters. The van der Waals surface area contributed by atoms with Crippen molar-refractivity contribution in [3.63, 3.8) is 0 Å². The van der Waals surface area contributed by atoms with Crippen LogP contribution in [0.3, 0.4) is 0 Å². The Morgan fingerprint density at radius 3 is 1.45 bits per heavy atom. The van der Waals surface area contributed by atoms with E-state index in [-0.39, 0.29) is 5.41 Å². The van der Waals surface area contributed by atoms with Crippen LogP contribution in [0.15, 0.2) is 221 Å². The summed E-state index contributed by atoms with van der Waals surface area (Å²) in [5.41, 5.74) is 23.8. The van der Waals surface area contributed by atoms with E-state index in [0.717, 1.165) is 60.9 Å². The molecule has 1 spiro atoms. The zero-order chi connectivity index (χ0) is 44.2. The van der Waals surface area contributed by atoms with Gasteiger partial charge in [-0.1, -0.05) is 159 Å². The molecule has 0 saturated heterocycles. The van der Waals surface area contributed by atoms with Crippen molar-refractivity contribution in [1.82, 2.24) is 0 Å². The highest BCUT2D eigenvalue weighted by Crippen LogP contribution is 2.63. The molecule has 3 nitrogen and oxygen atoms in total. The zero-order valence-electron chi connectivity index (χ0n) is 37.0. The summed E-state index contributed by atoms with van der Waals surface area (Å²) in [6, 6.07) is 78.7. The van der Waals surface area contributed by atoms with Crippen molar-refractivity contribution < 1.29 is 8.83 Å². The van der Waals surface area contributed by atoms with Gasteiger partial charge in [-0.15, -0.1) is 0 Å². The summed E-state index contributed by atoms with van der Waals surface area (Å²) in [5, 5.41) is 4.47. The highest BCUT2D eigenvalue weighted by atomic mass is 16.3. The van der Waals surface area contributed by atoms with Crippen molar-refractivity contribution in [2.24, 2.45) is 0 Å². The van der Waals surface area contributed by atoms with Crippen molar-refractivity contribution in [2.45, 2.75) is 24.7 Å². The van der Waals surface area contributed by atoms with Gasteiger partial charge in [0, 0.05) is 44.0 Å². The number of rotatable bonds is 3. The van der Waals surface area contributed by atoms with Crippen LogP contribution in [0.1, 0.15) is 47.2 Å². The molecule has 0 N–H and O–H groups in total. The van der Waals surface area contributed by atoms with E-state index in [0.29, 0.717) is 0 Å². The minimum Gasteiger partial charge on any atom is -0.456 e. The van der Waals surface area contributed by atoms with Crippen LogP contribution in [-0.4, -0.2) is 0 Å². The fourth-order valence-electron chi connectivity index (χ4n) is 12.6. The highest BCUT2D eigenvalue weighted by Gasteiger charge is 2.50. The van der Waals surface area contributed by atoms with Crippen molar-refractivity contribution >= 4 is 60.9 Å². The molecule has 314 valence electrons. The lowest BCUT2D eigenvalue weighted by molar-refractivity contribution is 0.660. The summed E-state index contributed by atoms with van der Waals surface area (Å²) in [5.74, 6) is 0. The van der Waals surface area contributed by atoms with E-state index < -0.39 is 5.41 Å². The van der Waals surface area contributed by atoms with E-state index in [1.165, 1.54) is 77.9 Å². The summed E-state index contributed by atoms with van der Waals surface area (Å²) < 4.78 is 13.0. The second kappa shape index (κ2) is 13.1. The molecule has 1 unspecified atom stereocenters. The van der Waals surface area contributed by atoms with Gasteiger partial charge in [-0.05, 0) is 145 Å². The Balaban J connectivity index is 1.04. The standard InChI is InChI=1S/C64H41NO2/c1-63(2)53-22-10-5-18-44(53)46-30-27-40(35-57(46)63)65(39-29-32-61-51(34-39)47-20-8-13-25-59(47)66-61)38-28-31-56-49(33-38)42-16-4-3-15-41(42)43-17-6-11-23-54(43)64(56)55-24-12-7-19-45(55)50-37-62-52(36-58(50)64)48-21-9-14-26-60(48)67-62/h3-37H,1-2H3. The fourth-order valence-corrected chi connectivity index (χ4v) is 12.6. The molecule has 0 saturated carbocycles. The molecular weight excluding hydrogens is 815 g/mol. The average Bonchev–Trinajstić information content (AvgIpc) is 4.06. The fraction of sp³-hybridized carbons (Fsp3) is 0.0625. The maximum Gasteiger partial charge on any atom is 0.136 e. The Kier molecular flexibility index (Phi) is 7.22. The third-order valence-electron chi connectivity index (χ3n) is 15.5. The van der Waals surface area contributed by atoms with E-state index in [1.54, 1.807) is 0 Å². The summed E-state index contributed by atoms with van der Waals surface area (Å²) in [6.07, 6.45) is 0. The van der Waals surface area contributed by atoms with Crippen LogP contribution in [-0.2, 0) is 10.8 Å². The van der Waals surface area contributed by atoms with Crippen molar-refractivity contribution in [1.29, 1.82) is 0 Å². The molecule has 0 amide bonds. The molecule has 0 aliphatic heterocycles. The van der Waals surface area contributed by atoms with Crippen LogP contribution in [0, 0.1) is 0 Å². The Morgan fingerprint density at radius 2 is 0.731 bits per heavy atom. The van der Waals surface area contributed by atoms with Gasteiger partial charge in [0.2, 0.25) is 0 Å². The molecule has 3 heteroatoms. The number of hydrogen-bond donors (Lipinski definition) is 0. The summed E-state index contributed by atoms with van der Waals surface area (Å²) >= 11 is 0. The second-order valence-electron chi connectivity index (χ2n) is 19.1. The topological polar surface area (TPSA) is 29.5 Å². The summed E-state index contributed by atoms with van der Waals surface area (Å²) in [4.78, 5) is 2.46. The monoisotopic (exact) mass is 855 g/mol. The van der Waals surface area contributed by atoms with Gasteiger partial charge in [-0.3, -0.25) is 0 Å². The second-order valence-corrected chi connectivity index (χ2v) is 19.1. The Labute approximate surface area is 387 Å². The number of nitrogens with zero attached hydrogens (tertiary/aromatic N) is 1. The Morgan fingerprint density at radius 1 is 0.284 bits per heavy atom. The lowest BCUT2D eigenvalue weighted by Gasteiger charge is -2.36. The van der Waals surface area contributed by atoms with E-state index in [1.807, 2.05) is 6.07 Å². The van der Waals surface area contributed by atoms with E-state index >= 15 is 0 Å². The zero-order valence-corrected chi connectivity index (χ0v) is 37.0. The smallest absolute Gasteiger partial charge is 0.136 e. The normalized spacial score (nSPS) is 15.8. The SMILES string of the molecule is CC1(C)c2ccccc2-c2ccc(N(c3ccc4c(c3)-c3ccccc3-c3ccccc3C43c4ccccc4-c4cc5oc6ccccc6c5cc43)c3ccc4oc5ccccc5c4c3)cc21. The molecule has 0 bridgehead atoms. The van der Waals surface area contributed by atoms with Gasteiger partial charge in [0.25, 0.3) is 0 Å². The van der Waals surface area contributed by atoms with Gasteiger partial charge < -0.3 is 13.7 Å². The van der Waals surface area contributed by atoms with Crippen molar-refractivity contribution in [3.05, 3.63) is 246 Å². The average molecular weight is 856 g/mol. The molecule has 2 heterocycles. The lowest BCUT2D eigenvalue weighted by Crippen LogP contribution is -2.29. The molecule has 2 aromatic heterocycles. The van der Waals surface area contributed by atoms with Crippen LogP contribution in [0.2, 0.25) is 0 Å². The Hall–Kier alpha value is -8.40. The molecule has 3 aliphatic carbocycles. The first-order valence-electron chi connectivity index (χ1n) is 23.3. The number of benzene rings is 10.